The maximum atomic E-state index is 14.2. The number of rotatable bonds is 7. The predicted octanol–water partition coefficient (Wildman–Crippen LogP) is 6.12. The van der Waals surface area contributed by atoms with E-state index in [2.05, 4.69) is 18.9 Å². The number of piperidine rings is 1. The average Bonchev–Trinajstić information content (AvgIpc) is 3.30. The van der Waals surface area contributed by atoms with Crippen molar-refractivity contribution in [2.45, 2.75) is 78.0 Å². The van der Waals surface area contributed by atoms with E-state index in [0.717, 1.165) is 62.1 Å². The summed E-state index contributed by atoms with van der Waals surface area (Å²) in [4.78, 5) is 44.9. The highest BCUT2D eigenvalue weighted by molar-refractivity contribution is 7.18. The van der Waals surface area contributed by atoms with Crippen LogP contribution in [0.5, 0.6) is 0 Å². The average molecular weight is 541 g/mol. The molecule has 1 saturated heterocycles. The summed E-state index contributed by atoms with van der Waals surface area (Å²) < 4.78 is 10.9. The molecule has 206 valence electrons. The van der Waals surface area contributed by atoms with Crippen LogP contribution in [0.3, 0.4) is 0 Å². The van der Waals surface area contributed by atoms with Crippen LogP contribution in [0.15, 0.2) is 36.4 Å². The third-order valence-electron chi connectivity index (χ3n) is 7.60. The van der Waals surface area contributed by atoms with E-state index in [1.807, 2.05) is 41.3 Å². The van der Waals surface area contributed by atoms with E-state index in [4.69, 9.17) is 9.47 Å². The van der Waals surface area contributed by atoms with Crippen LogP contribution >= 0.6 is 11.3 Å². The maximum absolute atomic E-state index is 14.2. The third-order valence-corrected chi connectivity index (χ3v) is 8.75. The Morgan fingerprint density at radius 3 is 2.21 bits per heavy atom. The zero-order chi connectivity index (χ0) is 27.4. The molecule has 2 fully saturated rings. The Kier molecular flexibility index (Phi) is 8.93. The van der Waals surface area contributed by atoms with Crippen LogP contribution in [0.2, 0.25) is 0 Å². The van der Waals surface area contributed by atoms with Crippen LogP contribution in [-0.4, -0.2) is 54.7 Å². The number of nitrogens with zero attached hydrogens (tertiary/aromatic N) is 2. The molecule has 8 heteroatoms. The molecule has 1 saturated carbocycles. The summed E-state index contributed by atoms with van der Waals surface area (Å²) >= 11 is 1.32. The minimum absolute atomic E-state index is 0.00398. The fourth-order valence-corrected chi connectivity index (χ4v) is 6.57. The monoisotopic (exact) mass is 540 g/mol. The fraction of sp³-hybridized carbons (Fsp3) is 0.567. The molecular weight excluding hydrogens is 500 g/mol. The van der Waals surface area contributed by atoms with E-state index in [9.17, 15) is 14.4 Å². The van der Waals surface area contributed by atoms with Crippen molar-refractivity contribution >= 4 is 34.9 Å². The van der Waals surface area contributed by atoms with Crippen molar-refractivity contribution in [3.8, 4) is 10.4 Å². The van der Waals surface area contributed by atoms with Gasteiger partial charge < -0.3 is 19.3 Å². The van der Waals surface area contributed by atoms with Crippen molar-refractivity contribution < 1.29 is 23.9 Å². The lowest BCUT2D eigenvalue weighted by molar-refractivity contribution is -0.193. The summed E-state index contributed by atoms with van der Waals surface area (Å²) in [7, 11) is 2.10. The number of esters is 2. The number of likely N-dealkylation sites (tertiary alicyclic amines) is 1. The van der Waals surface area contributed by atoms with Gasteiger partial charge in [0, 0.05) is 37.6 Å². The summed E-state index contributed by atoms with van der Waals surface area (Å²) in [5.41, 5.74) is 1.58. The van der Waals surface area contributed by atoms with Crippen LogP contribution in [0.1, 0.15) is 75.9 Å². The first-order valence-corrected chi connectivity index (χ1v) is 14.5. The van der Waals surface area contributed by atoms with Gasteiger partial charge in [0.25, 0.3) is 5.79 Å². The Bertz CT molecular complexity index is 1130. The molecule has 0 unspecified atom stereocenters. The Hall–Kier alpha value is -2.71. The van der Waals surface area contributed by atoms with Crippen molar-refractivity contribution in [1.82, 2.24) is 4.90 Å². The first-order valence-electron chi connectivity index (χ1n) is 13.7. The van der Waals surface area contributed by atoms with Gasteiger partial charge in [-0.15, -0.1) is 11.3 Å². The van der Waals surface area contributed by atoms with Crippen molar-refractivity contribution in [2.24, 2.45) is 11.8 Å². The molecule has 1 aliphatic heterocycles. The van der Waals surface area contributed by atoms with Gasteiger partial charge in [-0.3, -0.25) is 9.59 Å². The van der Waals surface area contributed by atoms with E-state index in [0.29, 0.717) is 16.5 Å². The topological polar surface area (TPSA) is 76.1 Å². The number of hydrogen-bond donors (Lipinski definition) is 0. The Balaban J connectivity index is 1.76. The molecule has 4 rings (SSSR count). The molecule has 2 heterocycles. The second-order valence-corrected chi connectivity index (χ2v) is 12.3. The molecule has 1 amide bonds. The van der Waals surface area contributed by atoms with Crippen LogP contribution in [0, 0.1) is 11.8 Å². The number of carbonyl (C=O) groups is 3. The Morgan fingerprint density at radius 1 is 0.974 bits per heavy atom. The minimum Gasteiger partial charge on any atom is -0.423 e. The van der Waals surface area contributed by atoms with Gasteiger partial charge in [0.15, 0.2) is 0 Å². The number of amides is 1. The molecule has 2 aliphatic rings. The second-order valence-electron chi connectivity index (χ2n) is 11.3. The Labute approximate surface area is 230 Å². The molecular formula is C30H40N2O5S. The molecule has 0 radical (unpaired) electrons. The summed E-state index contributed by atoms with van der Waals surface area (Å²) in [6.45, 7) is 8.41. The lowest BCUT2D eigenvalue weighted by Gasteiger charge is -2.40. The van der Waals surface area contributed by atoms with Crippen molar-refractivity contribution in [2.75, 3.05) is 25.0 Å². The summed E-state index contributed by atoms with van der Waals surface area (Å²) in [6, 6.07) is 11.8. The van der Waals surface area contributed by atoms with Crippen LogP contribution in [0.4, 0.5) is 5.69 Å². The predicted molar refractivity (Wildman–Crippen MR) is 150 cm³/mol. The van der Waals surface area contributed by atoms with Gasteiger partial charge in [-0.2, -0.15) is 0 Å². The van der Waals surface area contributed by atoms with Gasteiger partial charge in [-0.1, -0.05) is 37.3 Å². The van der Waals surface area contributed by atoms with Gasteiger partial charge in [0.1, 0.15) is 4.88 Å². The molecule has 0 bridgehead atoms. The van der Waals surface area contributed by atoms with Crippen LogP contribution in [-0.2, 0) is 19.1 Å². The minimum atomic E-state index is -1.43. The lowest BCUT2D eigenvalue weighted by atomic mass is 9.82. The summed E-state index contributed by atoms with van der Waals surface area (Å²) in [5.74, 6) is -1.87. The first-order chi connectivity index (χ1) is 18.0. The third kappa shape index (κ3) is 6.83. The normalized spacial score (nSPS) is 21.1. The number of ether oxygens (including phenoxy) is 2. The Morgan fingerprint density at radius 2 is 1.61 bits per heavy atom. The molecule has 0 N–H and O–H groups in total. The largest absolute Gasteiger partial charge is 0.423 e. The molecule has 7 nitrogen and oxygen atoms in total. The molecule has 0 spiro atoms. The molecule has 38 heavy (non-hydrogen) atoms. The standard InChI is InChI=1S/C30H40N2O5S/c1-20-11-13-23(14-12-20)28(34)32(24-15-17-31(5)18-16-24)25-19-26(22-9-7-6-8-10-22)38-27(25)29(35)37-30(3,4)36-21(2)33/h6-10,19-20,23-24H,11-18H2,1-5H3. The number of benzene rings is 1. The van der Waals surface area contributed by atoms with E-state index in [1.54, 1.807) is 13.8 Å². The first kappa shape index (κ1) is 28.3. The molecule has 1 aromatic heterocycles. The van der Waals surface area contributed by atoms with Gasteiger partial charge in [0.2, 0.25) is 5.91 Å². The summed E-state index contributed by atoms with van der Waals surface area (Å²) in [6.07, 6.45) is 5.52. The zero-order valence-electron chi connectivity index (χ0n) is 23.2. The highest BCUT2D eigenvalue weighted by Crippen LogP contribution is 2.41. The number of carbonyl (C=O) groups excluding carboxylic acids is 3. The van der Waals surface area contributed by atoms with Crippen molar-refractivity contribution in [1.29, 1.82) is 0 Å². The second kappa shape index (κ2) is 12.0. The highest BCUT2D eigenvalue weighted by atomic mass is 32.1. The SMILES string of the molecule is CC(=O)OC(C)(C)OC(=O)c1sc(-c2ccccc2)cc1N(C(=O)C1CCC(C)CC1)C1CCN(C)CC1. The smallest absolute Gasteiger partial charge is 0.353 e. The van der Waals surface area contributed by atoms with Crippen molar-refractivity contribution in [3.63, 3.8) is 0 Å². The highest BCUT2D eigenvalue weighted by Gasteiger charge is 2.38. The van der Waals surface area contributed by atoms with E-state index in [1.165, 1.54) is 18.3 Å². The quantitative estimate of drug-likeness (QED) is 0.311. The summed E-state index contributed by atoms with van der Waals surface area (Å²) in [5, 5.41) is 0. The number of anilines is 1. The molecule has 2 aromatic rings. The maximum Gasteiger partial charge on any atom is 0.353 e. The van der Waals surface area contributed by atoms with Crippen LogP contribution in [0.25, 0.3) is 10.4 Å². The molecule has 0 atom stereocenters. The van der Waals surface area contributed by atoms with Crippen LogP contribution < -0.4 is 4.90 Å². The van der Waals surface area contributed by atoms with Gasteiger partial charge in [-0.25, -0.2) is 4.79 Å². The van der Waals surface area contributed by atoms with Gasteiger partial charge in [-0.05, 0) is 76.2 Å². The number of thiophene rings is 1. The van der Waals surface area contributed by atoms with E-state index in [-0.39, 0.29) is 17.9 Å². The van der Waals surface area contributed by atoms with E-state index < -0.39 is 17.7 Å². The molecule has 1 aliphatic carbocycles. The van der Waals surface area contributed by atoms with Gasteiger partial charge >= 0.3 is 11.9 Å². The van der Waals surface area contributed by atoms with Gasteiger partial charge in [0.05, 0.1) is 5.69 Å². The number of hydrogen-bond acceptors (Lipinski definition) is 7. The lowest BCUT2D eigenvalue weighted by Crippen LogP contribution is -2.49. The fourth-order valence-electron chi connectivity index (χ4n) is 5.54. The van der Waals surface area contributed by atoms with Crippen molar-refractivity contribution in [3.05, 3.63) is 41.3 Å². The zero-order valence-corrected chi connectivity index (χ0v) is 24.0. The van der Waals surface area contributed by atoms with E-state index >= 15 is 0 Å². The molecule has 1 aromatic carbocycles.